The molecule has 0 bridgehead atoms. The second-order valence-corrected chi connectivity index (χ2v) is 10.6. The maximum absolute atomic E-state index is 12.9. The Bertz CT molecular complexity index is 1190. The average Bonchev–Trinajstić information content (AvgIpc) is 2.81. The molecule has 2 aromatic carbocycles. The molecule has 1 saturated heterocycles. The predicted octanol–water partition coefficient (Wildman–Crippen LogP) is 2.77. The molecule has 1 atom stereocenters. The van der Waals surface area contributed by atoms with Crippen LogP contribution in [-0.4, -0.2) is 35.6 Å². The van der Waals surface area contributed by atoms with Crippen molar-refractivity contribution in [3.63, 3.8) is 0 Å². The Labute approximate surface area is 174 Å². The molecule has 2 aromatic rings. The van der Waals surface area contributed by atoms with Gasteiger partial charge in [-0.25, -0.2) is 21.1 Å². The Morgan fingerprint density at radius 2 is 1.90 bits per heavy atom. The molecular weight excluding hydrogens is 440 g/mol. The molecule has 3 rings (SSSR count). The molecule has 29 heavy (non-hydrogen) atoms. The van der Waals surface area contributed by atoms with E-state index in [2.05, 4.69) is 4.72 Å². The molecule has 1 aliphatic heterocycles. The fraction of sp³-hybridized carbons (Fsp3) is 0.278. The first kappa shape index (κ1) is 21.4. The lowest BCUT2D eigenvalue weighted by molar-refractivity contribution is -0.119. The van der Waals surface area contributed by atoms with Crippen molar-refractivity contribution in [1.82, 2.24) is 0 Å². The number of carbonyl (C=O) groups excluding carboxylic acids is 1. The van der Waals surface area contributed by atoms with Gasteiger partial charge in [0.1, 0.15) is 5.75 Å². The number of anilines is 2. The Hall–Kier alpha value is -2.30. The zero-order valence-corrected chi connectivity index (χ0v) is 18.2. The number of methoxy groups -OCH3 is 1. The molecular formula is C18H19ClN2O6S2. The number of rotatable bonds is 5. The van der Waals surface area contributed by atoms with E-state index in [-0.39, 0.29) is 33.3 Å². The summed E-state index contributed by atoms with van der Waals surface area (Å²) in [6.07, 6.45) is 0. The van der Waals surface area contributed by atoms with E-state index in [9.17, 15) is 21.6 Å². The quantitative estimate of drug-likeness (QED) is 0.737. The maximum atomic E-state index is 12.9. The summed E-state index contributed by atoms with van der Waals surface area (Å²) in [7, 11) is -6.41. The van der Waals surface area contributed by atoms with Crippen molar-refractivity contribution in [3.8, 4) is 5.75 Å². The molecule has 1 amide bonds. The number of aryl methyl sites for hydroxylation is 1. The van der Waals surface area contributed by atoms with E-state index in [1.165, 1.54) is 51.3 Å². The molecule has 1 heterocycles. The third kappa shape index (κ3) is 4.05. The largest absolute Gasteiger partial charge is 0.495 e. The van der Waals surface area contributed by atoms with Gasteiger partial charge in [-0.3, -0.25) is 9.52 Å². The molecule has 1 fully saturated rings. The van der Waals surface area contributed by atoms with E-state index in [1.54, 1.807) is 6.07 Å². The molecule has 0 saturated carbocycles. The van der Waals surface area contributed by atoms with Crippen LogP contribution in [0.4, 0.5) is 11.4 Å². The van der Waals surface area contributed by atoms with Crippen LogP contribution in [0.25, 0.3) is 0 Å². The summed E-state index contributed by atoms with van der Waals surface area (Å²) < 4.78 is 58.6. The van der Waals surface area contributed by atoms with Crippen LogP contribution in [0.2, 0.25) is 5.02 Å². The summed E-state index contributed by atoms with van der Waals surface area (Å²) in [5.74, 6) is -1.18. The first-order valence-electron chi connectivity index (χ1n) is 8.50. The Morgan fingerprint density at radius 1 is 1.21 bits per heavy atom. The van der Waals surface area contributed by atoms with E-state index in [0.29, 0.717) is 5.02 Å². The fourth-order valence-corrected chi connectivity index (χ4v) is 6.38. The predicted molar refractivity (Wildman–Crippen MR) is 110 cm³/mol. The number of benzene rings is 2. The summed E-state index contributed by atoms with van der Waals surface area (Å²) in [5, 5.41) is 0.322. The van der Waals surface area contributed by atoms with Crippen molar-refractivity contribution in [2.24, 2.45) is 5.92 Å². The Morgan fingerprint density at radius 3 is 2.45 bits per heavy atom. The minimum atomic E-state index is -4.03. The summed E-state index contributed by atoms with van der Waals surface area (Å²) in [5.41, 5.74) is 0.546. The number of sulfonamides is 2. The normalized spacial score (nSPS) is 18.7. The lowest BCUT2D eigenvalue weighted by atomic mass is 10.2. The van der Waals surface area contributed by atoms with Gasteiger partial charge in [0.2, 0.25) is 15.9 Å². The number of nitrogens with one attached hydrogen (secondary N) is 1. The zero-order valence-electron chi connectivity index (χ0n) is 15.8. The second-order valence-electron chi connectivity index (χ2n) is 6.68. The van der Waals surface area contributed by atoms with E-state index in [1.807, 2.05) is 0 Å². The Balaban J connectivity index is 1.99. The molecule has 156 valence electrons. The van der Waals surface area contributed by atoms with Crippen LogP contribution in [0.5, 0.6) is 5.75 Å². The highest BCUT2D eigenvalue weighted by atomic mass is 35.5. The molecule has 0 aliphatic carbocycles. The van der Waals surface area contributed by atoms with Gasteiger partial charge in [-0.15, -0.1) is 0 Å². The molecule has 0 radical (unpaired) electrons. The maximum Gasteiger partial charge on any atom is 0.262 e. The van der Waals surface area contributed by atoms with Gasteiger partial charge >= 0.3 is 0 Å². The third-order valence-electron chi connectivity index (χ3n) is 4.45. The summed E-state index contributed by atoms with van der Waals surface area (Å²) in [6, 6.07) is 8.42. The minimum absolute atomic E-state index is 0.0691. The van der Waals surface area contributed by atoms with Crippen molar-refractivity contribution in [2.45, 2.75) is 18.7 Å². The van der Waals surface area contributed by atoms with Gasteiger partial charge < -0.3 is 4.74 Å². The molecule has 1 N–H and O–H groups in total. The number of halogens is 1. The number of nitrogens with zero attached hydrogens (tertiary/aromatic N) is 1. The van der Waals surface area contributed by atoms with Gasteiger partial charge in [-0.2, -0.15) is 0 Å². The summed E-state index contributed by atoms with van der Waals surface area (Å²) in [4.78, 5) is 12.2. The Kier molecular flexibility index (Phi) is 5.54. The fourth-order valence-electron chi connectivity index (χ4n) is 3.11. The van der Waals surface area contributed by atoms with Crippen LogP contribution in [0, 0.1) is 12.8 Å². The van der Waals surface area contributed by atoms with Gasteiger partial charge in [-0.05, 0) is 48.9 Å². The van der Waals surface area contributed by atoms with Crippen molar-refractivity contribution in [1.29, 1.82) is 0 Å². The first-order chi connectivity index (χ1) is 13.5. The van der Waals surface area contributed by atoms with E-state index >= 15 is 0 Å². The first-order valence-corrected chi connectivity index (χ1v) is 12.0. The van der Waals surface area contributed by atoms with Crippen molar-refractivity contribution in [3.05, 3.63) is 47.0 Å². The zero-order chi connectivity index (χ0) is 21.6. The van der Waals surface area contributed by atoms with Crippen molar-refractivity contribution < 1.29 is 26.4 Å². The number of hydrogen-bond donors (Lipinski definition) is 1. The molecule has 1 unspecified atom stereocenters. The van der Waals surface area contributed by atoms with Gasteiger partial charge in [-0.1, -0.05) is 18.5 Å². The highest BCUT2D eigenvalue weighted by molar-refractivity contribution is 7.94. The summed E-state index contributed by atoms with van der Waals surface area (Å²) >= 11 is 5.94. The van der Waals surface area contributed by atoms with Crippen LogP contribution in [0.3, 0.4) is 0 Å². The standard InChI is InChI=1S/C18H19ClN2O6S2/c1-11-8-14(21-18(22)12(2)10-28(21,23)24)5-7-17(11)29(25,26)20-15-9-13(19)4-6-16(15)27-3/h4-9,12,20H,10H2,1-3H3. The van der Waals surface area contributed by atoms with Gasteiger partial charge in [0.05, 0.1) is 35.1 Å². The highest BCUT2D eigenvalue weighted by Gasteiger charge is 2.42. The minimum Gasteiger partial charge on any atom is -0.495 e. The van der Waals surface area contributed by atoms with E-state index in [4.69, 9.17) is 16.3 Å². The SMILES string of the molecule is COc1ccc(Cl)cc1NS(=O)(=O)c1ccc(N2C(=O)C(C)CS2(=O)=O)cc1C. The van der Waals surface area contributed by atoms with Crippen LogP contribution < -0.4 is 13.8 Å². The van der Waals surface area contributed by atoms with Crippen LogP contribution in [-0.2, 0) is 24.8 Å². The van der Waals surface area contributed by atoms with Crippen LogP contribution >= 0.6 is 11.6 Å². The lowest BCUT2D eigenvalue weighted by Gasteiger charge is -2.18. The van der Waals surface area contributed by atoms with Gasteiger partial charge in [0.25, 0.3) is 10.0 Å². The van der Waals surface area contributed by atoms with Crippen LogP contribution in [0.1, 0.15) is 12.5 Å². The van der Waals surface area contributed by atoms with E-state index < -0.39 is 31.9 Å². The molecule has 8 nitrogen and oxygen atoms in total. The molecule has 0 aromatic heterocycles. The number of hydrogen-bond acceptors (Lipinski definition) is 6. The monoisotopic (exact) mass is 458 g/mol. The summed E-state index contributed by atoms with van der Waals surface area (Å²) in [6.45, 7) is 3.05. The van der Waals surface area contributed by atoms with Crippen LogP contribution in [0.15, 0.2) is 41.3 Å². The number of carbonyl (C=O) groups is 1. The molecule has 1 aliphatic rings. The average molecular weight is 459 g/mol. The van der Waals surface area contributed by atoms with Gasteiger partial charge in [0, 0.05) is 5.02 Å². The second kappa shape index (κ2) is 7.51. The van der Waals surface area contributed by atoms with E-state index in [0.717, 1.165) is 4.31 Å². The third-order valence-corrected chi connectivity index (χ3v) is 8.08. The van der Waals surface area contributed by atoms with Crippen molar-refractivity contribution >= 4 is 48.9 Å². The molecule has 11 heteroatoms. The number of amides is 1. The van der Waals surface area contributed by atoms with Crippen molar-refractivity contribution in [2.75, 3.05) is 21.9 Å². The highest BCUT2D eigenvalue weighted by Crippen LogP contribution is 2.33. The topological polar surface area (TPSA) is 110 Å². The lowest BCUT2D eigenvalue weighted by Crippen LogP contribution is -2.30. The molecule has 0 spiro atoms. The smallest absolute Gasteiger partial charge is 0.262 e. The number of ether oxygens (including phenoxy) is 1. The van der Waals surface area contributed by atoms with Gasteiger partial charge in [0.15, 0.2) is 0 Å².